The summed E-state index contributed by atoms with van der Waals surface area (Å²) in [6.45, 7) is 10.5. The van der Waals surface area contributed by atoms with Crippen LogP contribution >= 0.6 is 0 Å². The number of carboxylic acids is 1. The van der Waals surface area contributed by atoms with Gasteiger partial charge in [-0.3, -0.25) is 4.90 Å². The highest BCUT2D eigenvalue weighted by molar-refractivity contribution is 5.88. The van der Waals surface area contributed by atoms with Crippen molar-refractivity contribution in [2.75, 3.05) is 31.1 Å². The summed E-state index contributed by atoms with van der Waals surface area (Å²) in [6, 6.07) is 14.3. The molecule has 1 aliphatic rings. The van der Waals surface area contributed by atoms with Crippen LogP contribution < -0.4 is 4.90 Å². The molecule has 2 aromatic rings. The predicted molar refractivity (Wildman–Crippen MR) is 102 cm³/mol. The summed E-state index contributed by atoms with van der Waals surface area (Å²) >= 11 is 0. The van der Waals surface area contributed by atoms with Crippen molar-refractivity contribution in [2.45, 2.75) is 26.8 Å². The highest BCUT2D eigenvalue weighted by atomic mass is 16.4. The molecule has 1 heterocycles. The van der Waals surface area contributed by atoms with Gasteiger partial charge >= 0.3 is 5.97 Å². The molecule has 1 fully saturated rings. The Balaban J connectivity index is 1.62. The van der Waals surface area contributed by atoms with Crippen LogP contribution in [0.25, 0.3) is 0 Å². The molecular weight excluding hydrogens is 312 g/mol. The van der Waals surface area contributed by atoms with E-state index < -0.39 is 5.97 Å². The van der Waals surface area contributed by atoms with E-state index in [1.54, 1.807) is 12.1 Å². The van der Waals surface area contributed by atoms with E-state index in [0.29, 0.717) is 11.6 Å². The summed E-state index contributed by atoms with van der Waals surface area (Å²) in [6.07, 6.45) is 0. The normalized spacial score (nSPS) is 16.7. The van der Waals surface area contributed by atoms with Gasteiger partial charge in [0.05, 0.1) is 5.56 Å². The lowest BCUT2D eigenvalue weighted by molar-refractivity contribution is 0.0697. The number of carbonyl (C=O) groups is 1. The molecule has 0 aliphatic carbocycles. The first-order valence-corrected chi connectivity index (χ1v) is 8.85. The Morgan fingerprint density at radius 1 is 0.960 bits per heavy atom. The lowest BCUT2D eigenvalue weighted by Gasteiger charge is -2.39. The van der Waals surface area contributed by atoms with Gasteiger partial charge in [-0.05, 0) is 61.7 Å². The number of anilines is 1. The molecule has 132 valence electrons. The van der Waals surface area contributed by atoms with Gasteiger partial charge in [-0.25, -0.2) is 4.79 Å². The smallest absolute Gasteiger partial charge is 0.335 e. The van der Waals surface area contributed by atoms with E-state index in [0.717, 1.165) is 31.9 Å². The predicted octanol–water partition coefficient (Wildman–Crippen LogP) is 3.88. The maximum Gasteiger partial charge on any atom is 0.335 e. The van der Waals surface area contributed by atoms with Crippen molar-refractivity contribution in [1.82, 2.24) is 4.90 Å². The zero-order valence-corrected chi connectivity index (χ0v) is 15.2. The van der Waals surface area contributed by atoms with Crippen molar-refractivity contribution in [2.24, 2.45) is 0 Å². The maximum atomic E-state index is 11.0. The minimum atomic E-state index is -0.876. The van der Waals surface area contributed by atoms with Gasteiger partial charge in [0.2, 0.25) is 0 Å². The first kappa shape index (κ1) is 17.5. The van der Waals surface area contributed by atoms with Crippen LogP contribution in [-0.2, 0) is 0 Å². The van der Waals surface area contributed by atoms with Crippen molar-refractivity contribution in [3.63, 3.8) is 0 Å². The minimum Gasteiger partial charge on any atom is -0.478 e. The number of carboxylic acid groups (broad SMARTS) is 1. The third-order valence-corrected chi connectivity index (χ3v) is 5.35. The second-order valence-electron chi connectivity index (χ2n) is 6.89. The summed E-state index contributed by atoms with van der Waals surface area (Å²) in [5.74, 6) is -0.876. The molecule has 2 aromatic carbocycles. The number of rotatable bonds is 4. The van der Waals surface area contributed by atoms with E-state index in [9.17, 15) is 4.79 Å². The van der Waals surface area contributed by atoms with Crippen molar-refractivity contribution < 1.29 is 9.90 Å². The van der Waals surface area contributed by atoms with Crippen LogP contribution in [0.5, 0.6) is 0 Å². The SMILES string of the molecule is Cc1ccc(C(C)N2CCN(c3ccc(C(=O)O)cc3)CC2)cc1C. The van der Waals surface area contributed by atoms with Crippen LogP contribution in [0.15, 0.2) is 42.5 Å². The van der Waals surface area contributed by atoms with Crippen LogP contribution in [0.2, 0.25) is 0 Å². The second-order valence-corrected chi connectivity index (χ2v) is 6.89. The fourth-order valence-corrected chi connectivity index (χ4v) is 3.42. The second kappa shape index (κ2) is 7.28. The summed E-state index contributed by atoms with van der Waals surface area (Å²) in [5.41, 5.74) is 5.50. The summed E-state index contributed by atoms with van der Waals surface area (Å²) < 4.78 is 0. The third kappa shape index (κ3) is 3.85. The highest BCUT2D eigenvalue weighted by Gasteiger charge is 2.22. The number of nitrogens with zero attached hydrogens (tertiary/aromatic N) is 2. The molecule has 1 aliphatic heterocycles. The zero-order chi connectivity index (χ0) is 18.0. The molecule has 1 N–H and O–H groups in total. The number of hydrogen-bond acceptors (Lipinski definition) is 3. The Hall–Kier alpha value is -2.33. The van der Waals surface area contributed by atoms with E-state index >= 15 is 0 Å². The molecule has 1 saturated heterocycles. The Morgan fingerprint density at radius 2 is 1.60 bits per heavy atom. The lowest BCUT2D eigenvalue weighted by Crippen LogP contribution is -2.47. The molecule has 1 atom stereocenters. The molecule has 4 heteroatoms. The molecule has 0 spiro atoms. The minimum absolute atomic E-state index is 0.339. The maximum absolute atomic E-state index is 11.0. The first-order valence-electron chi connectivity index (χ1n) is 8.85. The number of aryl methyl sites for hydroxylation is 2. The quantitative estimate of drug-likeness (QED) is 0.919. The Bertz CT molecular complexity index is 747. The number of hydrogen-bond donors (Lipinski definition) is 1. The van der Waals surface area contributed by atoms with Gasteiger partial charge in [0, 0.05) is 37.9 Å². The molecule has 25 heavy (non-hydrogen) atoms. The van der Waals surface area contributed by atoms with Gasteiger partial charge in [0.25, 0.3) is 0 Å². The monoisotopic (exact) mass is 338 g/mol. The van der Waals surface area contributed by atoms with Crippen LogP contribution in [0.3, 0.4) is 0 Å². The van der Waals surface area contributed by atoms with Gasteiger partial charge in [-0.2, -0.15) is 0 Å². The fraction of sp³-hybridized carbons (Fsp3) is 0.381. The van der Waals surface area contributed by atoms with E-state index in [1.165, 1.54) is 16.7 Å². The van der Waals surface area contributed by atoms with Crippen LogP contribution in [0.4, 0.5) is 5.69 Å². The average molecular weight is 338 g/mol. The molecule has 1 unspecified atom stereocenters. The van der Waals surface area contributed by atoms with Crippen LogP contribution in [-0.4, -0.2) is 42.2 Å². The first-order chi connectivity index (χ1) is 12.0. The topological polar surface area (TPSA) is 43.8 Å². The molecule has 0 aromatic heterocycles. The fourth-order valence-electron chi connectivity index (χ4n) is 3.42. The largest absolute Gasteiger partial charge is 0.478 e. The molecule has 0 amide bonds. The van der Waals surface area contributed by atoms with E-state index in [1.807, 2.05) is 12.1 Å². The van der Waals surface area contributed by atoms with E-state index in [4.69, 9.17) is 5.11 Å². The van der Waals surface area contributed by atoms with Crippen molar-refractivity contribution in [3.05, 3.63) is 64.7 Å². The Labute approximate surface area is 149 Å². The Morgan fingerprint density at radius 3 is 2.16 bits per heavy atom. The van der Waals surface area contributed by atoms with Crippen molar-refractivity contribution >= 4 is 11.7 Å². The van der Waals surface area contributed by atoms with Gasteiger partial charge in [0.15, 0.2) is 0 Å². The van der Waals surface area contributed by atoms with Gasteiger partial charge in [0.1, 0.15) is 0 Å². The van der Waals surface area contributed by atoms with Gasteiger partial charge in [-0.1, -0.05) is 18.2 Å². The molecule has 3 rings (SSSR count). The highest BCUT2D eigenvalue weighted by Crippen LogP contribution is 2.25. The number of aromatic carboxylic acids is 1. The standard InChI is InChI=1S/C21H26N2O2/c1-15-4-5-19(14-16(15)2)17(3)22-10-12-23(13-11-22)20-8-6-18(7-9-20)21(24)25/h4-9,14,17H,10-13H2,1-3H3,(H,24,25). The van der Waals surface area contributed by atoms with Gasteiger partial charge in [-0.15, -0.1) is 0 Å². The zero-order valence-electron chi connectivity index (χ0n) is 15.2. The summed E-state index contributed by atoms with van der Waals surface area (Å²) in [4.78, 5) is 15.8. The van der Waals surface area contributed by atoms with E-state index in [2.05, 4.69) is 48.8 Å². The van der Waals surface area contributed by atoms with E-state index in [-0.39, 0.29) is 0 Å². The van der Waals surface area contributed by atoms with Crippen molar-refractivity contribution in [1.29, 1.82) is 0 Å². The van der Waals surface area contributed by atoms with Crippen LogP contribution in [0, 0.1) is 13.8 Å². The molecule has 4 nitrogen and oxygen atoms in total. The average Bonchev–Trinajstić information content (AvgIpc) is 2.63. The molecular formula is C21H26N2O2. The van der Waals surface area contributed by atoms with Crippen molar-refractivity contribution in [3.8, 4) is 0 Å². The van der Waals surface area contributed by atoms with Crippen LogP contribution in [0.1, 0.15) is 40.0 Å². The summed E-state index contributed by atoms with van der Waals surface area (Å²) in [5, 5.41) is 9.01. The molecule has 0 bridgehead atoms. The van der Waals surface area contributed by atoms with Gasteiger partial charge < -0.3 is 10.0 Å². The Kier molecular flexibility index (Phi) is 5.09. The molecule has 0 radical (unpaired) electrons. The third-order valence-electron chi connectivity index (χ3n) is 5.35. The molecule has 0 saturated carbocycles. The number of benzene rings is 2. The summed E-state index contributed by atoms with van der Waals surface area (Å²) in [7, 11) is 0. The number of piperazine rings is 1. The lowest BCUT2D eigenvalue weighted by atomic mass is 10.0.